The quantitative estimate of drug-likeness (QED) is 0.543. The zero-order valence-electron chi connectivity index (χ0n) is 15.1. The largest absolute Gasteiger partial charge is 0.0911 e. The van der Waals surface area contributed by atoms with Gasteiger partial charge in [-0.15, -0.1) is 0 Å². The normalized spacial score (nSPS) is 29.1. The summed E-state index contributed by atoms with van der Waals surface area (Å²) in [6.45, 7) is 4.56. The van der Waals surface area contributed by atoms with Gasteiger partial charge in [0, 0.05) is 11.0 Å². The summed E-state index contributed by atoms with van der Waals surface area (Å²) in [4.78, 5) is 0. The first-order chi connectivity index (χ1) is 11.2. The highest BCUT2D eigenvalue weighted by Gasteiger charge is 2.47. The molecule has 0 aliphatic heterocycles. The summed E-state index contributed by atoms with van der Waals surface area (Å²) in [6, 6.07) is 8.93. The molecule has 0 heterocycles. The van der Waals surface area contributed by atoms with Crippen molar-refractivity contribution < 1.29 is 0 Å². The van der Waals surface area contributed by atoms with Crippen molar-refractivity contribution in [3.8, 4) is 11.8 Å². The van der Waals surface area contributed by atoms with E-state index >= 15 is 0 Å². The van der Waals surface area contributed by atoms with Crippen molar-refractivity contribution in [2.45, 2.75) is 84.5 Å². The zero-order chi connectivity index (χ0) is 16.2. The van der Waals surface area contributed by atoms with Crippen molar-refractivity contribution in [2.75, 3.05) is 0 Å². The lowest BCUT2D eigenvalue weighted by Crippen LogP contribution is -2.40. The first kappa shape index (κ1) is 16.6. The number of hydrogen-bond acceptors (Lipinski definition) is 0. The summed E-state index contributed by atoms with van der Waals surface area (Å²) in [5, 5.41) is 0. The first-order valence-corrected chi connectivity index (χ1v) is 9.81. The molecule has 0 nitrogen and oxygen atoms in total. The molecule has 0 N–H and O–H groups in total. The molecule has 3 aliphatic carbocycles. The number of rotatable bonds is 5. The van der Waals surface area contributed by atoms with Gasteiger partial charge in [-0.05, 0) is 74.5 Å². The van der Waals surface area contributed by atoms with Gasteiger partial charge in [0.25, 0.3) is 0 Å². The fourth-order valence-corrected chi connectivity index (χ4v) is 4.63. The molecule has 3 fully saturated rings. The summed E-state index contributed by atoms with van der Waals surface area (Å²) >= 11 is 0. The summed E-state index contributed by atoms with van der Waals surface area (Å²) in [5.74, 6) is 7.22. The van der Waals surface area contributed by atoms with Crippen molar-refractivity contribution in [3.63, 3.8) is 0 Å². The molecule has 3 aliphatic rings. The van der Waals surface area contributed by atoms with Crippen LogP contribution in [0.3, 0.4) is 0 Å². The van der Waals surface area contributed by atoms with Gasteiger partial charge in [0.2, 0.25) is 0 Å². The molecule has 3 saturated carbocycles. The Morgan fingerprint density at radius 2 is 1.52 bits per heavy atom. The second kappa shape index (κ2) is 7.12. The monoisotopic (exact) mass is 308 g/mol. The smallest absolute Gasteiger partial charge is 0.0319 e. The number of benzene rings is 1. The lowest BCUT2D eigenvalue weighted by molar-refractivity contribution is 0.0189. The molecular weight excluding hydrogens is 276 g/mol. The topological polar surface area (TPSA) is 0 Å². The number of unbranched alkanes of at least 4 members (excludes halogenated alkanes) is 1. The minimum absolute atomic E-state index is 0.343. The van der Waals surface area contributed by atoms with Gasteiger partial charge in [0.1, 0.15) is 0 Å². The van der Waals surface area contributed by atoms with Crippen LogP contribution in [-0.2, 0) is 6.42 Å². The third-order valence-corrected chi connectivity index (χ3v) is 6.43. The van der Waals surface area contributed by atoms with Crippen LogP contribution < -0.4 is 0 Å². The molecule has 124 valence electrons. The van der Waals surface area contributed by atoms with E-state index in [1.54, 1.807) is 0 Å². The van der Waals surface area contributed by atoms with Crippen LogP contribution in [0, 0.1) is 22.7 Å². The summed E-state index contributed by atoms with van der Waals surface area (Å²) in [5.41, 5.74) is 3.68. The predicted octanol–water partition coefficient (Wildman–Crippen LogP) is 6.52. The van der Waals surface area contributed by atoms with E-state index in [1.807, 2.05) is 0 Å². The lowest BCUT2D eigenvalue weighted by Gasteiger charge is -2.51. The van der Waals surface area contributed by atoms with Gasteiger partial charge in [-0.1, -0.05) is 57.1 Å². The minimum atomic E-state index is 0.343. The Bertz CT molecular complexity index is 542. The molecular formula is C23H32. The standard InChI is InChI=1S/C23H32/c1-3-5-12-22-14-17-23(18-15-22,19-16-22)13-11-21-9-7-20(6-4-2)8-10-21/h7-10H,3-6,12,14-19H2,1-2H3. The highest BCUT2D eigenvalue weighted by molar-refractivity contribution is 5.38. The molecule has 0 unspecified atom stereocenters. The SMILES string of the molecule is CCCCC12CCC(C#Cc3ccc(CCC)cc3)(CC1)CC2. The van der Waals surface area contributed by atoms with Crippen LogP contribution in [-0.4, -0.2) is 0 Å². The van der Waals surface area contributed by atoms with Crippen LogP contribution in [0.1, 0.15) is 89.2 Å². The van der Waals surface area contributed by atoms with Crippen molar-refractivity contribution in [3.05, 3.63) is 35.4 Å². The van der Waals surface area contributed by atoms with E-state index in [4.69, 9.17) is 0 Å². The number of fused-ring (bicyclic) bond motifs is 3. The van der Waals surface area contributed by atoms with E-state index in [-0.39, 0.29) is 0 Å². The predicted molar refractivity (Wildman–Crippen MR) is 99.4 cm³/mol. The molecule has 23 heavy (non-hydrogen) atoms. The maximum atomic E-state index is 3.71. The average Bonchev–Trinajstić information content (AvgIpc) is 2.62. The van der Waals surface area contributed by atoms with Crippen molar-refractivity contribution in [1.29, 1.82) is 0 Å². The van der Waals surface area contributed by atoms with Gasteiger partial charge in [0.15, 0.2) is 0 Å². The Labute approximate surface area is 143 Å². The summed E-state index contributed by atoms with van der Waals surface area (Å²) < 4.78 is 0. The van der Waals surface area contributed by atoms with Crippen LogP contribution in [0.15, 0.2) is 24.3 Å². The van der Waals surface area contributed by atoms with E-state index in [1.165, 1.54) is 81.8 Å². The van der Waals surface area contributed by atoms with Crippen molar-refractivity contribution in [1.82, 2.24) is 0 Å². The molecule has 0 heteroatoms. The second-order valence-corrected chi connectivity index (χ2v) is 8.08. The first-order valence-electron chi connectivity index (χ1n) is 9.81. The Kier molecular flexibility index (Phi) is 5.15. The van der Waals surface area contributed by atoms with Gasteiger partial charge in [0.05, 0.1) is 0 Å². The van der Waals surface area contributed by atoms with Crippen LogP contribution in [0.25, 0.3) is 0 Å². The van der Waals surface area contributed by atoms with E-state index in [2.05, 4.69) is 50.0 Å². The van der Waals surface area contributed by atoms with Crippen LogP contribution in [0.4, 0.5) is 0 Å². The maximum Gasteiger partial charge on any atom is 0.0319 e. The Morgan fingerprint density at radius 3 is 2.09 bits per heavy atom. The molecule has 4 rings (SSSR count). The summed E-state index contributed by atoms with van der Waals surface area (Å²) in [6.07, 6.45) is 14.9. The van der Waals surface area contributed by atoms with Crippen LogP contribution in [0.5, 0.6) is 0 Å². The van der Waals surface area contributed by atoms with Crippen LogP contribution >= 0.6 is 0 Å². The fraction of sp³-hybridized carbons (Fsp3) is 0.652. The molecule has 0 radical (unpaired) electrons. The lowest BCUT2D eigenvalue weighted by atomic mass is 9.53. The third-order valence-electron chi connectivity index (χ3n) is 6.43. The Morgan fingerprint density at radius 1 is 0.870 bits per heavy atom. The van der Waals surface area contributed by atoms with E-state index in [9.17, 15) is 0 Å². The van der Waals surface area contributed by atoms with Crippen molar-refractivity contribution in [2.24, 2.45) is 10.8 Å². The Balaban J connectivity index is 1.64. The molecule has 0 aromatic heterocycles. The highest BCUT2D eigenvalue weighted by Crippen LogP contribution is 2.58. The molecule has 0 spiro atoms. The van der Waals surface area contributed by atoms with Gasteiger partial charge < -0.3 is 0 Å². The van der Waals surface area contributed by atoms with Gasteiger partial charge in [-0.2, -0.15) is 0 Å². The maximum absolute atomic E-state index is 3.71. The molecule has 1 aromatic rings. The van der Waals surface area contributed by atoms with Gasteiger partial charge >= 0.3 is 0 Å². The van der Waals surface area contributed by atoms with Gasteiger partial charge in [-0.25, -0.2) is 0 Å². The summed E-state index contributed by atoms with van der Waals surface area (Å²) in [7, 11) is 0. The minimum Gasteiger partial charge on any atom is -0.0911 e. The number of aryl methyl sites for hydroxylation is 1. The van der Waals surface area contributed by atoms with E-state index in [0.29, 0.717) is 10.8 Å². The van der Waals surface area contributed by atoms with Crippen LogP contribution in [0.2, 0.25) is 0 Å². The van der Waals surface area contributed by atoms with E-state index < -0.39 is 0 Å². The molecule has 0 atom stereocenters. The van der Waals surface area contributed by atoms with Gasteiger partial charge in [-0.3, -0.25) is 0 Å². The highest BCUT2D eigenvalue weighted by atomic mass is 14.5. The fourth-order valence-electron chi connectivity index (χ4n) is 4.63. The second-order valence-electron chi connectivity index (χ2n) is 8.08. The average molecular weight is 309 g/mol. The third kappa shape index (κ3) is 3.82. The molecule has 2 bridgehead atoms. The van der Waals surface area contributed by atoms with Crippen molar-refractivity contribution >= 4 is 0 Å². The Hall–Kier alpha value is -1.22. The number of hydrogen-bond donors (Lipinski definition) is 0. The zero-order valence-corrected chi connectivity index (χ0v) is 15.1. The molecule has 1 aromatic carbocycles. The van der Waals surface area contributed by atoms with E-state index in [0.717, 1.165) is 0 Å². The molecule has 0 amide bonds. The molecule has 0 saturated heterocycles.